The van der Waals surface area contributed by atoms with Gasteiger partial charge in [0, 0.05) is 67.6 Å². The molecule has 0 radical (unpaired) electrons. The van der Waals surface area contributed by atoms with Gasteiger partial charge in [-0.25, -0.2) is 0 Å². The lowest BCUT2D eigenvalue weighted by Gasteiger charge is -2.40. The lowest BCUT2D eigenvalue weighted by Crippen LogP contribution is -2.47. The number of rotatable bonds is 6. The molecule has 4 aromatic rings. The number of anilines is 2. The van der Waals surface area contributed by atoms with Gasteiger partial charge in [-0.3, -0.25) is 14.2 Å². The molecule has 2 aromatic carbocycles. The number of hydrogen-bond acceptors (Lipinski definition) is 6. The van der Waals surface area contributed by atoms with Gasteiger partial charge in [0.1, 0.15) is 11.3 Å². The molecule has 9 nitrogen and oxygen atoms in total. The number of amides is 1. The molecule has 1 saturated heterocycles. The SMILES string of the molecule is CCNC1CCN(c2ccc(C(=O)Nc3cc4cn(C)nc4cc3OC)c3nn(C)cc23)C(C)C1. The topological polar surface area (TPSA) is 89.2 Å². The van der Waals surface area contributed by atoms with Crippen molar-refractivity contribution in [2.45, 2.75) is 38.8 Å². The molecule has 1 amide bonds. The smallest absolute Gasteiger partial charge is 0.258 e. The van der Waals surface area contributed by atoms with E-state index in [-0.39, 0.29) is 5.91 Å². The monoisotopic (exact) mass is 475 g/mol. The van der Waals surface area contributed by atoms with Crippen molar-refractivity contribution in [2.24, 2.45) is 14.1 Å². The Balaban J connectivity index is 1.47. The molecule has 2 N–H and O–H groups in total. The summed E-state index contributed by atoms with van der Waals surface area (Å²) in [4.78, 5) is 15.9. The maximum Gasteiger partial charge on any atom is 0.258 e. The van der Waals surface area contributed by atoms with Gasteiger partial charge in [-0.1, -0.05) is 6.92 Å². The van der Waals surface area contributed by atoms with Crippen LogP contribution in [0, 0.1) is 0 Å². The van der Waals surface area contributed by atoms with E-state index in [0.29, 0.717) is 34.6 Å². The second-order valence-corrected chi connectivity index (χ2v) is 9.39. The van der Waals surface area contributed by atoms with Crippen LogP contribution in [0.5, 0.6) is 5.75 Å². The van der Waals surface area contributed by atoms with Crippen molar-refractivity contribution in [3.05, 3.63) is 42.2 Å². The number of piperidine rings is 1. The minimum Gasteiger partial charge on any atom is -0.494 e. The summed E-state index contributed by atoms with van der Waals surface area (Å²) < 4.78 is 9.06. The summed E-state index contributed by atoms with van der Waals surface area (Å²) in [6, 6.07) is 8.62. The van der Waals surface area contributed by atoms with Crippen LogP contribution in [0.2, 0.25) is 0 Å². The van der Waals surface area contributed by atoms with Crippen LogP contribution in [-0.2, 0) is 14.1 Å². The number of aromatic nitrogens is 4. The number of aryl methyl sites for hydroxylation is 2. The fourth-order valence-corrected chi connectivity index (χ4v) is 5.28. The highest BCUT2D eigenvalue weighted by atomic mass is 16.5. The molecule has 35 heavy (non-hydrogen) atoms. The van der Waals surface area contributed by atoms with Gasteiger partial charge in [0.25, 0.3) is 5.91 Å². The first-order chi connectivity index (χ1) is 16.9. The number of benzene rings is 2. The lowest BCUT2D eigenvalue weighted by molar-refractivity contribution is 0.102. The number of fused-ring (bicyclic) bond motifs is 2. The third-order valence-electron chi connectivity index (χ3n) is 6.88. The average Bonchev–Trinajstić information content (AvgIpc) is 3.39. The summed E-state index contributed by atoms with van der Waals surface area (Å²) in [5.41, 5.74) is 3.77. The number of hydrogen-bond donors (Lipinski definition) is 2. The quantitative estimate of drug-likeness (QED) is 0.442. The van der Waals surface area contributed by atoms with E-state index in [1.54, 1.807) is 16.5 Å². The van der Waals surface area contributed by atoms with E-state index in [2.05, 4.69) is 45.6 Å². The van der Waals surface area contributed by atoms with Gasteiger partial charge in [0.2, 0.25) is 0 Å². The average molecular weight is 476 g/mol. The lowest BCUT2D eigenvalue weighted by atomic mass is 9.96. The van der Waals surface area contributed by atoms with Gasteiger partial charge in [-0.15, -0.1) is 0 Å². The van der Waals surface area contributed by atoms with Crippen molar-refractivity contribution in [1.29, 1.82) is 0 Å². The summed E-state index contributed by atoms with van der Waals surface area (Å²) in [6.07, 6.45) is 6.11. The molecule has 0 saturated carbocycles. The van der Waals surface area contributed by atoms with Gasteiger partial charge in [0.15, 0.2) is 0 Å². The van der Waals surface area contributed by atoms with Crippen LogP contribution >= 0.6 is 0 Å². The van der Waals surface area contributed by atoms with Gasteiger partial charge in [0.05, 0.1) is 23.9 Å². The Morgan fingerprint density at radius 2 is 1.97 bits per heavy atom. The van der Waals surface area contributed by atoms with Crippen molar-refractivity contribution in [3.8, 4) is 5.75 Å². The predicted octanol–water partition coefficient (Wildman–Crippen LogP) is 3.69. The molecule has 2 unspecified atom stereocenters. The molecule has 2 aromatic heterocycles. The first-order valence-corrected chi connectivity index (χ1v) is 12.2. The van der Waals surface area contributed by atoms with Crippen molar-refractivity contribution < 1.29 is 9.53 Å². The number of ether oxygens (including phenoxy) is 1. The third-order valence-corrected chi connectivity index (χ3v) is 6.88. The van der Waals surface area contributed by atoms with Gasteiger partial charge >= 0.3 is 0 Å². The van der Waals surface area contributed by atoms with E-state index in [4.69, 9.17) is 4.74 Å². The standard InChI is InChI=1S/C26H33N7O2/c1-6-27-18-9-10-33(16(2)11-18)23-8-7-19(25-20(23)15-32(4)30-25)26(34)28-22-12-17-14-31(3)29-21(17)13-24(22)35-5/h7-8,12-16,18,27H,6,9-11H2,1-5H3,(H,28,34). The van der Waals surface area contributed by atoms with Crippen molar-refractivity contribution >= 4 is 39.1 Å². The van der Waals surface area contributed by atoms with E-state index in [1.165, 1.54) is 0 Å². The summed E-state index contributed by atoms with van der Waals surface area (Å²) in [5, 5.41) is 17.6. The zero-order valence-corrected chi connectivity index (χ0v) is 21.0. The first kappa shape index (κ1) is 23.2. The Labute approximate surface area is 205 Å². The molecule has 3 heterocycles. The molecule has 1 fully saturated rings. The Morgan fingerprint density at radius 1 is 1.17 bits per heavy atom. The molecule has 2 atom stereocenters. The van der Waals surface area contributed by atoms with E-state index < -0.39 is 0 Å². The van der Waals surface area contributed by atoms with Gasteiger partial charge in [-0.05, 0) is 44.5 Å². The molecule has 0 spiro atoms. The zero-order chi connectivity index (χ0) is 24.7. The summed E-state index contributed by atoms with van der Waals surface area (Å²) in [5.74, 6) is 0.344. The molecule has 1 aliphatic rings. The minimum absolute atomic E-state index is 0.222. The number of nitrogens with one attached hydrogen (secondary N) is 2. The molecule has 1 aliphatic heterocycles. The molecule has 0 aliphatic carbocycles. The second-order valence-electron chi connectivity index (χ2n) is 9.39. The number of carbonyl (C=O) groups excluding carboxylic acids is 1. The summed E-state index contributed by atoms with van der Waals surface area (Å²) >= 11 is 0. The fourth-order valence-electron chi connectivity index (χ4n) is 5.28. The Hall–Kier alpha value is -3.59. The van der Waals surface area contributed by atoms with Crippen molar-refractivity contribution in [1.82, 2.24) is 24.9 Å². The fraction of sp³-hybridized carbons (Fsp3) is 0.423. The maximum absolute atomic E-state index is 13.5. The minimum atomic E-state index is -0.222. The van der Waals surface area contributed by atoms with Gasteiger partial charge in [-0.2, -0.15) is 10.2 Å². The van der Waals surface area contributed by atoms with E-state index in [1.807, 2.05) is 44.7 Å². The predicted molar refractivity (Wildman–Crippen MR) is 139 cm³/mol. The second kappa shape index (κ2) is 9.22. The first-order valence-electron chi connectivity index (χ1n) is 12.2. The Morgan fingerprint density at radius 3 is 2.71 bits per heavy atom. The Bertz CT molecular complexity index is 1390. The number of methoxy groups -OCH3 is 1. The van der Waals surface area contributed by atoms with Crippen LogP contribution in [-0.4, -0.2) is 57.8 Å². The summed E-state index contributed by atoms with van der Waals surface area (Å²) in [6.45, 7) is 6.39. The molecule has 5 rings (SSSR count). The maximum atomic E-state index is 13.5. The zero-order valence-electron chi connectivity index (χ0n) is 21.0. The summed E-state index contributed by atoms with van der Waals surface area (Å²) in [7, 11) is 5.35. The molecular formula is C26H33N7O2. The van der Waals surface area contributed by atoms with Crippen molar-refractivity contribution in [3.63, 3.8) is 0 Å². The molecule has 184 valence electrons. The van der Waals surface area contributed by atoms with Crippen LogP contribution in [0.4, 0.5) is 11.4 Å². The van der Waals surface area contributed by atoms with Crippen molar-refractivity contribution in [2.75, 3.05) is 30.4 Å². The van der Waals surface area contributed by atoms with Crippen LogP contribution in [0.15, 0.2) is 36.7 Å². The van der Waals surface area contributed by atoms with Crippen LogP contribution in [0.25, 0.3) is 21.8 Å². The van der Waals surface area contributed by atoms with E-state index in [9.17, 15) is 4.79 Å². The molecular weight excluding hydrogens is 442 g/mol. The normalized spacial score (nSPS) is 18.4. The number of carbonyl (C=O) groups is 1. The number of nitrogens with zero attached hydrogens (tertiary/aromatic N) is 5. The Kier molecular flexibility index (Phi) is 6.10. The van der Waals surface area contributed by atoms with E-state index >= 15 is 0 Å². The largest absolute Gasteiger partial charge is 0.494 e. The van der Waals surface area contributed by atoms with Crippen LogP contribution in [0.1, 0.15) is 37.0 Å². The molecule has 0 bridgehead atoms. The van der Waals surface area contributed by atoms with Gasteiger partial charge < -0.3 is 20.3 Å². The third kappa shape index (κ3) is 4.32. The molecule has 9 heteroatoms. The van der Waals surface area contributed by atoms with Crippen LogP contribution < -0.4 is 20.3 Å². The highest BCUT2D eigenvalue weighted by molar-refractivity contribution is 6.14. The van der Waals surface area contributed by atoms with E-state index in [0.717, 1.165) is 47.9 Å². The highest BCUT2D eigenvalue weighted by Crippen LogP contribution is 2.34. The van der Waals surface area contributed by atoms with Crippen LogP contribution in [0.3, 0.4) is 0 Å². The highest BCUT2D eigenvalue weighted by Gasteiger charge is 2.28.